The van der Waals surface area contributed by atoms with Crippen molar-refractivity contribution in [2.75, 3.05) is 0 Å². The molecule has 20 heavy (non-hydrogen) atoms. The van der Waals surface area contributed by atoms with Gasteiger partial charge in [0.2, 0.25) is 0 Å². The number of nitrogens with zero attached hydrogens (tertiary/aromatic N) is 2. The summed E-state index contributed by atoms with van der Waals surface area (Å²) in [4.78, 5) is 0. The number of aliphatic hydroxyl groups excluding tert-OH is 1. The zero-order valence-electron chi connectivity index (χ0n) is 11.8. The van der Waals surface area contributed by atoms with Crippen LogP contribution in [0.2, 0.25) is 10.0 Å². The highest BCUT2D eigenvalue weighted by Crippen LogP contribution is 2.28. The van der Waals surface area contributed by atoms with Crippen molar-refractivity contribution in [3.63, 3.8) is 0 Å². The highest BCUT2D eigenvalue weighted by molar-refractivity contribution is 6.42. The summed E-state index contributed by atoms with van der Waals surface area (Å²) in [6.45, 7) is 4.04. The van der Waals surface area contributed by atoms with E-state index in [1.54, 1.807) is 12.1 Å². The third-order valence-electron chi connectivity index (χ3n) is 3.66. The molecular weight excluding hydrogens is 295 g/mol. The van der Waals surface area contributed by atoms with Gasteiger partial charge in [0, 0.05) is 12.7 Å². The Labute approximate surface area is 129 Å². The zero-order valence-corrected chi connectivity index (χ0v) is 13.3. The Morgan fingerprint density at radius 1 is 1.25 bits per heavy atom. The van der Waals surface area contributed by atoms with Crippen LogP contribution in [0.1, 0.15) is 35.0 Å². The average Bonchev–Trinajstić information content (AvgIpc) is 2.64. The van der Waals surface area contributed by atoms with Crippen LogP contribution in [0.4, 0.5) is 0 Å². The molecule has 0 saturated carbocycles. The van der Waals surface area contributed by atoms with Crippen LogP contribution in [0, 0.1) is 13.8 Å². The molecule has 1 atom stereocenters. The highest BCUT2D eigenvalue weighted by atomic mass is 35.5. The molecular formula is C15H18Cl2N2O. The first-order chi connectivity index (χ1) is 9.40. The van der Waals surface area contributed by atoms with Gasteiger partial charge in [-0.1, -0.05) is 29.3 Å². The second kappa shape index (κ2) is 6.17. The number of aromatic nitrogens is 2. The van der Waals surface area contributed by atoms with Gasteiger partial charge in [-0.15, -0.1) is 0 Å². The molecule has 0 fully saturated rings. The van der Waals surface area contributed by atoms with Gasteiger partial charge in [0.1, 0.15) is 0 Å². The molecule has 0 saturated heterocycles. The van der Waals surface area contributed by atoms with E-state index in [-0.39, 0.29) is 0 Å². The lowest BCUT2D eigenvalue weighted by atomic mass is 10.0. The molecule has 0 aliphatic carbocycles. The van der Waals surface area contributed by atoms with Crippen molar-refractivity contribution in [1.82, 2.24) is 9.78 Å². The van der Waals surface area contributed by atoms with Gasteiger partial charge in [-0.05, 0) is 49.9 Å². The Kier molecular flexibility index (Phi) is 4.74. The molecule has 108 valence electrons. The molecule has 5 heteroatoms. The monoisotopic (exact) mass is 312 g/mol. The molecule has 1 N–H and O–H groups in total. The number of aryl methyl sites for hydroxylation is 2. The topological polar surface area (TPSA) is 38.0 Å². The molecule has 0 bridgehead atoms. The van der Waals surface area contributed by atoms with Crippen LogP contribution in [0.3, 0.4) is 0 Å². The number of benzene rings is 1. The Morgan fingerprint density at radius 2 is 1.95 bits per heavy atom. The van der Waals surface area contributed by atoms with Crippen molar-refractivity contribution in [2.45, 2.75) is 32.8 Å². The maximum Gasteiger partial charge on any atom is 0.0793 e. The summed E-state index contributed by atoms with van der Waals surface area (Å²) in [5.74, 6) is 0. The predicted octanol–water partition coefficient (Wildman–Crippen LogP) is 4.01. The van der Waals surface area contributed by atoms with E-state index in [2.05, 4.69) is 5.10 Å². The standard InChI is InChI=1S/C15H18Cl2N2O/c1-9-12(10(2)19(3)18-9)5-7-15(20)11-4-6-13(16)14(17)8-11/h4,6,8,15,20H,5,7H2,1-3H3. The van der Waals surface area contributed by atoms with Crippen molar-refractivity contribution in [3.8, 4) is 0 Å². The maximum absolute atomic E-state index is 10.3. The zero-order chi connectivity index (χ0) is 14.9. The number of hydrogen-bond donors (Lipinski definition) is 1. The SMILES string of the molecule is Cc1nn(C)c(C)c1CCC(O)c1ccc(Cl)c(Cl)c1. The summed E-state index contributed by atoms with van der Waals surface area (Å²) >= 11 is 11.9. The molecule has 1 aromatic carbocycles. The summed E-state index contributed by atoms with van der Waals surface area (Å²) in [5, 5.41) is 15.6. The molecule has 0 spiro atoms. The van der Waals surface area contributed by atoms with E-state index in [0.717, 1.165) is 23.4 Å². The minimum Gasteiger partial charge on any atom is -0.388 e. The molecule has 0 radical (unpaired) electrons. The summed E-state index contributed by atoms with van der Waals surface area (Å²) in [6, 6.07) is 5.24. The normalized spacial score (nSPS) is 12.7. The first-order valence-electron chi connectivity index (χ1n) is 6.52. The second-order valence-corrected chi connectivity index (χ2v) is 5.82. The number of rotatable bonds is 4. The van der Waals surface area contributed by atoms with Gasteiger partial charge in [0.25, 0.3) is 0 Å². The first-order valence-corrected chi connectivity index (χ1v) is 7.28. The molecule has 1 heterocycles. The molecule has 0 amide bonds. The molecule has 0 aliphatic heterocycles. The van der Waals surface area contributed by atoms with E-state index >= 15 is 0 Å². The van der Waals surface area contributed by atoms with Gasteiger partial charge in [0.15, 0.2) is 0 Å². The Hall–Kier alpha value is -1.03. The van der Waals surface area contributed by atoms with E-state index in [1.807, 2.05) is 31.6 Å². The van der Waals surface area contributed by atoms with Gasteiger partial charge in [-0.3, -0.25) is 4.68 Å². The largest absolute Gasteiger partial charge is 0.388 e. The number of aliphatic hydroxyl groups is 1. The van der Waals surface area contributed by atoms with Crippen molar-refractivity contribution < 1.29 is 5.11 Å². The van der Waals surface area contributed by atoms with Gasteiger partial charge in [-0.2, -0.15) is 5.10 Å². The van der Waals surface area contributed by atoms with Crippen LogP contribution in [0.15, 0.2) is 18.2 Å². The summed E-state index contributed by atoms with van der Waals surface area (Å²) < 4.78 is 1.87. The van der Waals surface area contributed by atoms with E-state index in [1.165, 1.54) is 5.56 Å². The van der Waals surface area contributed by atoms with Crippen molar-refractivity contribution in [3.05, 3.63) is 50.8 Å². The quantitative estimate of drug-likeness (QED) is 0.926. The molecule has 3 nitrogen and oxygen atoms in total. The fourth-order valence-electron chi connectivity index (χ4n) is 2.35. The van der Waals surface area contributed by atoms with Crippen LogP contribution in [0.25, 0.3) is 0 Å². The van der Waals surface area contributed by atoms with Crippen molar-refractivity contribution in [2.24, 2.45) is 7.05 Å². The lowest BCUT2D eigenvalue weighted by molar-refractivity contribution is 0.168. The molecule has 0 aliphatic rings. The lowest BCUT2D eigenvalue weighted by Crippen LogP contribution is -2.01. The molecule has 2 aromatic rings. The average molecular weight is 313 g/mol. The lowest BCUT2D eigenvalue weighted by Gasteiger charge is -2.12. The highest BCUT2D eigenvalue weighted by Gasteiger charge is 2.14. The van der Waals surface area contributed by atoms with Gasteiger partial charge in [-0.25, -0.2) is 0 Å². The third kappa shape index (κ3) is 3.17. The molecule has 2 rings (SSSR count). The van der Waals surface area contributed by atoms with Crippen molar-refractivity contribution in [1.29, 1.82) is 0 Å². The molecule has 1 unspecified atom stereocenters. The number of hydrogen-bond acceptors (Lipinski definition) is 2. The van der Waals surface area contributed by atoms with Gasteiger partial charge >= 0.3 is 0 Å². The Balaban J connectivity index is 2.08. The van der Waals surface area contributed by atoms with Crippen LogP contribution in [0.5, 0.6) is 0 Å². The summed E-state index contributed by atoms with van der Waals surface area (Å²) in [6.07, 6.45) is 0.863. The second-order valence-electron chi connectivity index (χ2n) is 5.00. The van der Waals surface area contributed by atoms with Gasteiger partial charge in [0.05, 0.1) is 21.8 Å². The number of halogens is 2. The maximum atomic E-state index is 10.3. The van der Waals surface area contributed by atoms with Crippen molar-refractivity contribution >= 4 is 23.2 Å². The third-order valence-corrected chi connectivity index (χ3v) is 4.39. The van der Waals surface area contributed by atoms with Crippen LogP contribution < -0.4 is 0 Å². The fourth-order valence-corrected chi connectivity index (χ4v) is 2.65. The van der Waals surface area contributed by atoms with Crippen LogP contribution in [-0.2, 0) is 13.5 Å². The summed E-state index contributed by atoms with van der Waals surface area (Å²) in [5.41, 5.74) is 4.15. The smallest absolute Gasteiger partial charge is 0.0793 e. The Bertz CT molecular complexity index is 623. The Morgan fingerprint density at radius 3 is 2.50 bits per heavy atom. The van der Waals surface area contributed by atoms with E-state index < -0.39 is 6.10 Å². The van der Waals surface area contributed by atoms with E-state index in [9.17, 15) is 5.11 Å². The van der Waals surface area contributed by atoms with E-state index in [4.69, 9.17) is 23.2 Å². The first kappa shape index (κ1) is 15.4. The molecule has 1 aromatic heterocycles. The predicted molar refractivity (Wildman–Crippen MR) is 82.4 cm³/mol. The van der Waals surface area contributed by atoms with E-state index in [0.29, 0.717) is 16.5 Å². The minimum absolute atomic E-state index is 0.469. The fraction of sp³-hybridized carbons (Fsp3) is 0.400. The van der Waals surface area contributed by atoms with Crippen LogP contribution >= 0.6 is 23.2 Å². The summed E-state index contributed by atoms with van der Waals surface area (Å²) in [7, 11) is 1.93. The van der Waals surface area contributed by atoms with Crippen LogP contribution in [-0.4, -0.2) is 14.9 Å². The van der Waals surface area contributed by atoms with Gasteiger partial charge < -0.3 is 5.11 Å². The minimum atomic E-state index is -0.552.